The van der Waals surface area contributed by atoms with Crippen molar-refractivity contribution in [2.24, 2.45) is 23.7 Å². The van der Waals surface area contributed by atoms with Crippen LogP contribution in [-0.2, 0) is 19.2 Å². The van der Waals surface area contributed by atoms with Gasteiger partial charge in [0.15, 0.2) is 0 Å². The number of rotatable bonds is 3. The molecule has 2 bridgehead atoms. The Hall–Kier alpha value is -1.69. The molecule has 1 heterocycles. The summed E-state index contributed by atoms with van der Waals surface area (Å²) in [5.74, 6) is -0.955. The number of hydrogen-bond acceptors (Lipinski definition) is 4. The lowest BCUT2D eigenvalue weighted by Gasteiger charge is -2.20. The van der Waals surface area contributed by atoms with Crippen LogP contribution in [0.15, 0.2) is 12.2 Å². The maximum Gasteiger partial charge on any atom is 0.265 e. The lowest BCUT2D eigenvalue weighted by atomic mass is 9.85. The number of hydroxylamine groups is 2. The fourth-order valence-corrected chi connectivity index (χ4v) is 3.46. The Kier molecular flexibility index (Phi) is 2.70. The standard InChI is InChI=1S/C13H16N2O4/c1-14(19-2)9(16)6-15-12(17)10-7-3-4-8(5-7)11(10)13(15)18/h3-4,7-8,10-11H,5-6H2,1-2H3. The largest absolute Gasteiger partial charge is 0.275 e. The summed E-state index contributed by atoms with van der Waals surface area (Å²) < 4.78 is 0. The normalized spacial score (nSPS) is 35.2. The monoisotopic (exact) mass is 264 g/mol. The molecule has 1 saturated heterocycles. The topological polar surface area (TPSA) is 66.9 Å². The number of allylic oxidation sites excluding steroid dienone is 2. The van der Waals surface area contributed by atoms with E-state index in [4.69, 9.17) is 4.84 Å². The van der Waals surface area contributed by atoms with Crippen molar-refractivity contribution in [1.29, 1.82) is 0 Å². The number of hydrogen-bond donors (Lipinski definition) is 0. The van der Waals surface area contributed by atoms with Gasteiger partial charge in [-0.25, -0.2) is 5.06 Å². The Morgan fingerprint density at radius 3 is 2.32 bits per heavy atom. The van der Waals surface area contributed by atoms with Crippen molar-refractivity contribution >= 4 is 17.7 Å². The Morgan fingerprint density at radius 1 is 1.32 bits per heavy atom. The van der Waals surface area contributed by atoms with Crippen LogP contribution in [0.1, 0.15) is 6.42 Å². The Morgan fingerprint density at radius 2 is 1.84 bits per heavy atom. The van der Waals surface area contributed by atoms with E-state index in [1.807, 2.05) is 12.2 Å². The zero-order valence-corrected chi connectivity index (χ0v) is 10.9. The minimum Gasteiger partial charge on any atom is -0.275 e. The molecule has 3 aliphatic rings. The van der Waals surface area contributed by atoms with Crippen LogP contribution >= 0.6 is 0 Å². The van der Waals surface area contributed by atoms with E-state index in [2.05, 4.69) is 0 Å². The molecular weight excluding hydrogens is 248 g/mol. The summed E-state index contributed by atoms with van der Waals surface area (Å²) in [6.07, 6.45) is 4.96. The summed E-state index contributed by atoms with van der Waals surface area (Å²) in [6.45, 7) is -0.228. The maximum atomic E-state index is 12.3. The number of likely N-dealkylation sites (tertiary alicyclic amines) is 1. The molecule has 19 heavy (non-hydrogen) atoms. The van der Waals surface area contributed by atoms with E-state index in [-0.39, 0.29) is 42.0 Å². The number of amides is 3. The molecule has 0 aromatic carbocycles. The third-order valence-corrected chi connectivity index (χ3v) is 4.48. The van der Waals surface area contributed by atoms with Crippen LogP contribution in [-0.4, -0.2) is 48.4 Å². The second kappa shape index (κ2) is 4.16. The highest BCUT2D eigenvalue weighted by molar-refractivity contribution is 6.08. The van der Waals surface area contributed by atoms with Crippen molar-refractivity contribution in [2.45, 2.75) is 6.42 Å². The Labute approximate surface area is 110 Å². The smallest absolute Gasteiger partial charge is 0.265 e. The number of fused-ring (bicyclic) bond motifs is 5. The van der Waals surface area contributed by atoms with Gasteiger partial charge in [0.25, 0.3) is 5.91 Å². The molecule has 0 N–H and O–H groups in total. The summed E-state index contributed by atoms with van der Waals surface area (Å²) in [7, 11) is 2.82. The van der Waals surface area contributed by atoms with Crippen LogP contribution in [0.2, 0.25) is 0 Å². The van der Waals surface area contributed by atoms with E-state index in [0.29, 0.717) is 0 Å². The van der Waals surface area contributed by atoms with Crippen LogP contribution in [0.25, 0.3) is 0 Å². The van der Waals surface area contributed by atoms with Crippen molar-refractivity contribution in [3.8, 4) is 0 Å². The average Bonchev–Trinajstić information content (AvgIpc) is 3.07. The number of carbonyl (C=O) groups is 3. The fraction of sp³-hybridized carbons (Fsp3) is 0.615. The number of imide groups is 1. The molecule has 0 aromatic rings. The van der Waals surface area contributed by atoms with E-state index in [1.165, 1.54) is 14.2 Å². The first kappa shape index (κ1) is 12.3. The van der Waals surface area contributed by atoms with E-state index in [0.717, 1.165) is 16.4 Å². The molecule has 3 amide bonds. The van der Waals surface area contributed by atoms with Gasteiger partial charge >= 0.3 is 0 Å². The van der Waals surface area contributed by atoms with Crippen molar-refractivity contribution in [3.63, 3.8) is 0 Å². The highest BCUT2D eigenvalue weighted by atomic mass is 16.7. The van der Waals surface area contributed by atoms with Crippen LogP contribution in [0, 0.1) is 23.7 Å². The van der Waals surface area contributed by atoms with Crippen LogP contribution in [0.5, 0.6) is 0 Å². The molecule has 4 atom stereocenters. The molecule has 3 rings (SSSR count). The summed E-state index contributed by atoms with van der Waals surface area (Å²) in [6, 6.07) is 0. The predicted molar refractivity (Wildman–Crippen MR) is 64.2 cm³/mol. The highest BCUT2D eigenvalue weighted by Gasteiger charge is 2.59. The zero-order chi connectivity index (χ0) is 13.7. The van der Waals surface area contributed by atoms with Gasteiger partial charge < -0.3 is 0 Å². The van der Waals surface area contributed by atoms with Crippen LogP contribution < -0.4 is 0 Å². The van der Waals surface area contributed by atoms with Gasteiger partial charge in [-0.05, 0) is 18.3 Å². The van der Waals surface area contributed by atoms with E-state index >= 15 is 0 Å². The van der Waals surface area contributed by atoms with Gasteiger partial charge in [-0.3, -0.25) is 24.1 Å². The first-order chi connectivity index (χ1) is 9.04. The molecule has 1 aliphatic heterocycles. The fourth-order valence-electron chi connectivity index (χ4n) is 3.46. The zero-order valence-electron chi connectivity index (χ0n) is 10.9. The van der Waals surface area contributed by atoms with Gasteiger partial charge in [-0.2, -0.15) is 0 Å². The predicted octanol–water partition coefficient (Wildman–Crippen LogP) is -0.187. The van der Waals surface area contributed by atoms with Gasteiger partial charge in [0.05, 0.1) is 18.9 Å². The third-order valence-electron chi connectivity index (χ3n) is 4.48. The van der Waals surface area contributed by atoms with Crippen LogP contribution in [0.3, 0.4) is 0 Å². The second-order valence-electron chi connectivity index (χ2n) is 5.34. The Balaban J connectivity index is 1.77. The Bertz CT molecular complexity index is 457. The SMILES string of the molecule is CON(C)C(=O)CN1C(=O)C2C3C=CC(C3)C2C1=O. The van der Waals surface area contributed by atoms with Gasteiger partial charge in [0.2, 0.25) is 11.8 Å². The molecule has 2 fully saturated rings. The molecule has 0 aromatic heterocycles. The minimum atomic E-state index is -0.399. The molecule has 6 heteroatoms. The summed E-state index contributed by atoms with van der Waals surface area (Å²) in [4.78, 5) is 42.2. The number of nitrogens with zero attached hydrogens (tertiary/aromatic N) is 2. The van der Waals surface area contributed by atoms with Crippen molar-refractivity contribution in [2.75, 3.05) is 20.7 Å². The second-order valence-corrected chi connectivity index (χ2v) is 5.34. The first-order valence-electron chi connectivity index (χ1n) is 6.38. The van der Waals surface area contributed by atoms with Gasteiger partial charge in [-0.15, -0.1) is 0 Å². The molecular formula is C13H16N2O4. The molecule has 6 nitrogen and oxygen atoms in total. The van der Waals surface area contributed by atoms with E-state index in [9.17, 15) is 14.4 Å². The lowest BCUT2D eigenvalue weighted by Crippen LogP contribution is -2.42. The highest BCUT2D eigenvalue weighted by Crippen LogP contribution is 2.52. The molecule has 4 unspecified atom stereocenters. The maximum absolute atomic E-state index is 12.3. The van der Waals surface area contributed by atoms with Gasteiger partial charge in [0.1, 0.15) is 6.54 Å². The summed E-state index contributed by atoms with van der Waals surface area (Å²) in [5, 5.41) is 1.03. The van der Waals surface area contributed by atoms with Gasteiger partial charge in [-0.1, -0.05) is 12.2 Å². The van der Waals surface area contributed by atoms with Crippen molar-refractivity contribution < 1.29 is 19.2 Å². The summed E-state index contributed by atoms with van der Waals surface area (Å²) in [5.41, 5.74) is 0. The molecule has 102 valence electrons. The van der Waals surface area contributed by atoms with Crippen LogP contribution in [0.4, 0.5) is 0 Å². The van der Waals surface area contributed by atoms with E-state index in [1.54, 1.807) is 0 Å². The third kappa shape index (κ3) is 1.63. The van der Waals surface area contributed by atoms with Gasteiger partial charge in [0, 0.05) is 7.05 Å². The average molecular weight is 264 g/mol. The lowest BCUT2D eigenvalue weighted by molar-refractivity contribution is -0.172. The quantitative estimate of drug-likeness (QED) is 0.403. The number of carbonyl (C=O) groups excluding carboxylic acids is 3. The van der Waals surface area contributed by atoms with E-state index < -0.39 is 5.91 Å². The van der Waals surface area contributed by atoms with Crippen molar-refractivity contribution in [3.05, 3.63) is 12.2 Å². The number of likely N-dealkylation sites (N-methyl/N-ethyl adjacent to an activating group) is 1. The molecule has 1 saturated carbocycles. The summed E-state index contributed by atoms with van der Waals surface area (Å²) >= 11 is 0. The molecule has 0 spiro atoms. The molecule has 0 radical (unpaired) electrons. The van der Waals surface area contributed by atoms with Crippen molar-refractivity contribution in [1.82, 2.24) is 9.96 Å². The minimum absolute atomic E-state index is 0.173. The molecule has 2 aliphatic carbocycles. The first-order valence-corrected chi connectivity index (χ1v) is 6.38.